The minimum Gasteiger partial charge on any atom is -0.465 e. The zero-order valence-electron chi connectivity index (χ0n) is 20.2. The molecule has 0 bridgehead atoms. The van der Waals surface area contributed by atoms with Gasteiger partial charge in [-0.05, 0) is 56.4 Å². The van der Waals surface area contributed by atoms with Crippen molar-refractivity contribution in [2.45, 2.75) is 71.0 Å². The van der Waals surface area contributed by atoms with Crippen molar-refractivity contribution >= 4 is 23.2 Å². The van der Waals surface area contributed by atoms with Crippen molar-refractivity contribution in [3.8, 4) is 0 Å². The summed E-state index contributed by atoms with van der Waals surface area (Å²) < 4.78 is 2.36. The molecule has 1 aliphatic carbocycles. The molecule has 2 fully saturated rings. The highest BCUT2D eigenvalue weighted by Crippen LogP contribution is 2.37. The molecule has 1 aromatic heterocycles. The standard InChI is InChI=1S/C26H38N4O3/c1-18(2)19-8-10-20(11-9-19)29-14-12-21(13-15-29)30-24-7-5-4-6-22(24)23(16-28-33-3)25(30)17-27-26(31)32/h4-7,16,18-21,27H,8-15,17H2,1-3H3,(H,31,32)/t19-,20+. The van der Waals surface area contributed by atoms with E-state index in [2.05, 4.69) is 45.9 Å². The molecule has 180 valence electrons. The van der Waals surface area contributed by atoms with Crippen LogP contribution in [0.4, 0.5) is 4.79 Å². The smallest absolute Gasteiger partial charge is 0.404 e. The van der Waals surface area contributed by atoms with Crippen molar-refractivity contribution < 1.29 is 14.7 Å². The maximum absolute atomic E-state index is 11.3. The molecule has 2 heterocycles. The van der Waals surface area contributed by atoms with Gasteiger partial charge in [-0.25, -0.2) is 4.79 Å². The van der Waals surface area contributed by atoms with E-state index in [9.17, 15) is 9.90 Å². The highest BCUT2D eigenvalue weighted by molar-refractivity contribution is 6.01. The lowest BCUT2D eigenvalue weighted by Crippen LogP contribution is -2.44. The van der Waals surface area contributed by atoms with Gasteiger partial charge in [-0.1, -0.05) is 37.2 Å². The normalized spacial score (nSPS) is 22.9. The summed E-state index contributed by atoms with van der Waals surface area (Å²) >= 11 is 0. The predicted octanol–water partition coefficient (Wildman–Crippen LogP) is 5.24. The van der Waals surface area contributed by atoms with Gasteiger partial charge in [0.1, 0.15) is 7.11 Å². The Balaban J connectivity index is 1.55. The fourth-order valence-corrected chi connectivity index (χ4v) is 5.99. The summed E-state index contributed by atoms with van der Waals surface area (Å²) in [4.78, 5) is 19.0. The lowest BCUT2D eigenvalue weighted by atomic mass is 9.79. The summed E-state index contributed by atoms with van der Waals surface area (Å²) in [5.74, 6) is 1.69. The summed E-state index contributed by atoms with van der Waals surface area (Å²) in [6.45, 7) is 7.16. The van der Waals surface area contributed by atoms with Crippen molar-refractivity contribution in [3.63, 3.8) is 0 Å². The molecule has 1 aliphatic heterocycles. The number of amides is 1. The van der Waals surface area contributed by atoms with Gasteiger partial charge in [-0.15, -0.1) is 0 Å². The molecule has 1 aromatic carbocycles. The number of fused-ring (bicyclic) bond motifs is 1. The summed E-state index contributed by atoms with van der Waals surface area (Å²) in [6.07, 6.45) is 8.20. The lowest BCUT2D eigenvalue weighted by molar-refractivity contribution is 0.0889. The van der Waals surface area contributed by atoms with Crippen molar-refractivity contribution in [3.05, 3.63) is 35.5 Å². The zero-order valence-corrected chi connectivity index (χ0v) is 20.2. The van der Waals surface area contributed by atoms with Crippen molar-refractivity contribution in [1.82, 2.24) is 14.8 Å². The van der Waals surface area contributed by atoms with Gasteiger partial charge < -0.3 is 24.7 Å². The Morgan fingerprint density at radius 3 is 2.48 bits per heavy atom. The second-order valence-electron chi connectivity index (χ2n) is 9.90. The number of hydrogen-bond acceptors (Lipinski definition) is 4. The zero-order chi connectivity index (χ0) is 23.4. The molecule has 0 spiro atoms. The van der Waals surface area contributed by atoms with Crippen LogP contribution >= 0.6 is 0 Å². The van der Waals surface area contributed by atoms with Crippen LogP contribution in [0, 0.1) is 11.8 Å². The number of hydrogen-bond donors (Lipinski definition) is 2. The fraction of sp³-hybridized carbons (Fsp3) is 0.615. The average molecular weight is 455 g/mol. The molecule has 33 heavy (non-hydrogen) atoms. The third kappa shape index (κ3) is 5.18. The van der Waals surface area contributed by atoms with Gasteiger partial charge in [0.2, 0.25) is 0 Å². The van der Waals surface area contributed by atoms with E-state index < -0.39 is 6.09 Å². The molecule has 1 saturated carbocycles. The number of likely N-dealkylation sites (tertiary alicyclic amines) is 1. The van der Waals surface area contributed by atoms with E-state index in [1.54, 1.807) is 6.21 Å². The SMILES string of the molecule is CON=Cc1c(CNC(=O)O)n(C2CCN([C@H]3CC[C@@H](C(C)C)CC3)CC2)c2ccccc12. The number of carboxylic acid groups (broad SMARTS) is 1. The Kier molecular flexibility index (Phi) is 7.58. The molecule has 1 saturated heterocycles. The molecule has 4 rings (SSSR count). The first-order chi connectivity index (χ1) is 16.0. The third-order valence-corrected chi connectivity index (χ3v) is 7.81. The van der Waals surface area contributed by atoms with Crippen LogP contribution < -0.4 is 5.32 Å². The van der Waals surface area contributed by atoms with E-state index >= 15 is 0 Å². The van der Waals surface area contributed by atoms with E-state index in [1.165, 1.54) is 32.8 Å². The topological polar surface area (TPSA) is 79.1 Å². The number of nitrogens with zero attached hydrogens (tertiary/aromatic N) is 3. The highest BCUT2D eigenvalue weighted by Gasteiger charge is 2.31. The van der Waals surface area contributed by atoms with Crippen molar-refractivity contribution in [1.29, 1.82) is 0 Å². The van der Waals surface area contributed by atoms with E-state index in [4.69, 9.17) is 4.84 Å². The van der Waals surface area contributed by atoms with E-state index in [0.717, 1.165) is 66.0 Å². The predicted molar refractivity (Wildman–Crippen MR) is 132 cm³/mol. The molecule has 7 nitrogen and oxygen atoms in total. The fourth-order valence-electron chi connectivity index (χ4n) is 5.99. The number of nitrogens with one attached hydrogen (secondary N) is 1. The van der Waals surface area contributed by atoms with Crippen LogP contribution in [-0.2, 0) is 11.4 Å². The van der Waals surface area contributed by atoms with Gasteiger partial charge >= 0.3 is 6.09 Å². The van der Waals surface area contributed by atoms with Crippen LogP contribution in [0.5, 0.6) is 0 Å². The molecule has 0 atom stereocenters. The Bertz CT molecular complexity index is 967. The first kappa shape index (κ1) is 23.6. The van der Waals surface area contributed by atoms with Crippen LogP contribution in [0.1, 0.15) is 69.7 Å². The summed E-state index contributed by atoms with van der Waals surface area (Å²) in [5.41, 5.74) is 3.01. The molecule has 2 aromatic rings. The molecule has 2 aliphatic rings. The second kappa shape index (κ2) is 10.6. The molecular weight excluding hydrogens is 416 g/mol. The molecule has 0 radical (unpaired) electrons. The maximum Gasteiger partial charge on any atom is 0.404 e. The van der Waals surface area contributed by atoms with E-state index in [-0.39, 0.29) is 6.54 Å². The Morgan fingerprint density at radius 1 is 1.15 bits per heavy atom. The molecule has 1 amide bonds. The quantitative estimate of drug-likeness (QED) is 0.443. The van der Waals surface area contributed by atoms with Crippen LogP contribution in [0.2, 0.25) is 0 Å². The van der Waals surface area contributed by atoms with Crippen LogP contribution in [0.25, 0.3) is 10.9 Å². The first-order valence-electron chi connectivity index (χ1n) is 12.4. The number of para-hydroxylation sites is 1. The van der Waals surface area contributed by atoms with E-state index in [1.807, 2.05) is 12.1 Å². The second-order valence-corrected chi connectivity index (χ2v) is 9.90. The van der Waals surface area contributed by atoms with E-state index in [0.29, 0.717) is 6.04 Å². The van der Waals surface area contributed by atoms with Gasteiger partial charge in [-0.2, -0.15) is 0 Å². The van der Waals surface area contributed by atoms with Gasteiger partial charge in [0.05, 0.1) is 12.8 Å². The number of oxime groups is 1. The molecule has 7 heteroatoms. The summed E-state index contributed by atoms with van der Waals surface area (Å²) in [7, 11) is 1.52. The number of rotatable bonds is 7. The van der Waals surface area contributed by atoms with Crippen molar-refractivity contribution in [2.75, 3.05) is 20.2 Å². The summed E-state index contributed by atoms with van der Waals surface area (Å²) in [6, 6.07) is 9.33. The van der Waals surface area contributed by atoms with Gasteiger partial charge in [0, 0.05) is 47.3 Å². The third-order valence-electron chi connectivity index (χ3n) is 7.81. The average Bonchev–Trinajstić information content (AvgIpc) is 3.14. The minimum atomic E-state index is -1.02. The number of benzene rings is 1. The van der Waals surface area contributed by atoms with Gasteiger partial charge in [0.25, 0.3) is 0 Å². The Hall–Kier alpha value is -2.54. The highest BCUT2D eigenvalue weighted by atomic mass is 16.6. The number of piperidine rings is 1. The van der Waals surface area contributed by atoms with Gasteiger partial charge in [-0.3, -0.25) is 0 Å². The number of carbonyl (C=O) groups is 1. The van der Waals surface area contributed by atoms with Crippen molar-refractivity contribution in [2.24, 2.45) is 17.0 Å². The van der Waals surface area contributed by atoms with Crippen LogP contribution in [0.15, 0.2) is 29.4 Å². The Labute approximate surface area is 196 Å². The maximum atomic E-state index is 11.3. The lowest BCUT2D eigenvalue weighted by Gasteiger charge is -2.42. The monoisotopic (exact) mass is 454 g/mol. The number of aromatic nitrogens is 1. The first-order valence-corrected chi connectivity index (χ1v) is 12.4. The van der Waals surface area contributed by atoms with Crippen LogP contribution in [-0.4, -0.2) is 53.1 Å². The van der Waals surface area contributed by atoms with Crippen LogP contribution in [0.3, 0.4) is 0 Å². The minimum absolute atomic E-state index is 0.245. The molecular formula is C26H38N4O3. The summed E-state index contributed by atoms with van der Waals surface area (Å²) in [5, 5.41) is 16.9. The molecule has 2 N–H and O–H groups in total. The largest absolute Gasteiger partial charge is 0.465 e. The molecule has 0 unspecified atom stereocenters. The van der Waals surface area contributed by atoms with Gasteiger partial charge in [0.15, 0.2) is 0 Å². The Morgan fingerprint density at radius 2 is 1.85 bits per heavy atom.